The van der Waals surface area contributed by atoms with Gasteiger partial charge in [-0.2, -0.15) is 0 Å². The van der Waals surface area contributed by atoms with E-state index >= 15 is 0 Å². The molecule has 86 valence electrons. The molecule has 0 N–H and O–H groups in total. The summed E-state index contributed by atoms with van der Waals surface area (Å²) in [6.07, 6.45) is -0.419. The van der Waals surface area contributed by atoms with E-state index in [9.17, 15) is 4.79 Å². The molecule has 1 aromatic carbocycles. The van der Waals surface area contributed by atoms with Gasteiger partial charge in [-0.15, -0.1) is 0 Å². The molecule has 0 aliphatic carbocycles. The first-order valence-corrected chi connectivity index (χ1v) is 5.34. The molecule has 0 bridgehead atoms. The van der Waals surface area contributed by atoms with Gasteiger partial charge in [0, 0.05) is 6.54 Å². The first kappa shape index (κ1) is 10.8. The van der Waals surface area contributed by atoms with Crippen LogP contribution in [0.1, 0.15) is 18.6 Å². The molecular formula is C12H15NO3. The van der Waals surface area contributed by atoms with Crippen molar-refractivity contribution in [3.63, 3.8) is 0 Å². The molecule has 1 aliphatic heterocycles. The lowest BCUT2D eigenvalue weighted by Crippen LogP contribution is -2.23. The number of hydrogen-bond donors (Lipinski definition) is 0. The fourth-order valence-corrected chi connectivity index (χ4v) is 1.78. The summed E-state index contributed by atoms with van der Waals surface area (Å²) < 4.78 is 10.4. The van der Waals surface area contributed by atoms with E-state index in [1.807, 2.05) is 31.2 Å². The number of amides is 1. The zero-order valence-corrected chi connectivity index (χ0v) is 9.47. The molecule has 2 rings (SSSR count). The van der Waals surface area contributed by atoms with Crippen LogP contribution >= 0.6 is 0 Å². The Hall–Kier alpha value is -1.71. The highest BCUT2D eigenvalue weighted by molar-refractivity contribution is 5.70. The average Bonchev–Trinajstić information content (AvgIpc) is 2.71. The lowest BCUT2D eigenvalue weighted by molar-refractivity contribution is 0.133. The van der Waals surface area contributed by atoms with Gasteiger partial charge < -0.3 is 14.4 Å². The second kappa shape index (κ2) is 4.43. The van der Waals surface area contributed by atoms with E-state index in [1.165, 1.54) is 0 Å². The minimum Gasteiger partial charge on any atom is -0.497 e. The Labute approximate surface area is 94.8 Å². The molecule has 1 aliphatic rings. The Balaban J connectivity index is 2.16. The maximum Gasteiger partial charge on any atom is 0.410 e. The number of nitrogens with zero attached hydrogens (tertiary/aromatic N) is 1. The molecule has 16 heavy (non-hydrogen) atoms. The molecule has 0 spiro atoms. The van der Waals surface area contributed by atoms with Crippen LogP contribution in [0.5, 0.6) is 5.75 Å². The van der Waals surface area contributed by atoms with E-state index in [0.29, 0.717) is 13.1 Å². The highest BCUT2D eigenvalue weighted by atomic mass is 16.6. The monoisotopic (exact) mass is 221 g/mol. The lowest BCUT2D eigenvalue weighted by Gasteiger charge is -2.10. The van der Waals surface area contributed by atoms with Gasteiger partial charge in [-0.25, -0.2) is 4.79 Å². The Kier molecular flexibility index (Phi) is 2.99. The summed E-state index contributed by atoms with van der Waals surface area (Å²) in [7, 11) is 1.62. The van der Waals surface area contributed by atoms with Crippen molar-refractivity contribution >= 4 is 6.09 Å². The fourth-order valence-electron chi connectivity index (χ4n) is 1.78. The third-order valence-corrected chi connectivity index (χ3v) is 2.73. The molecule has 1 saturated heterocycles. The fraction of sp³-hybridized carbons (Fsp3) is 0.417. The van der Waals surface area contributed by atoms with Crippen LogP contribution in [0, 0.1) is 0 Å². The van der Waals surface area contributed by atoms with Crippen LogP contribution in [-0.4, -0.2) is 31.2 Å². The first-order chi connectivity index (χ1) is 7.74. The van der Waals surface area contributed by atoms with Gasteiger partial charge in [-0.3, -0.25) is 0 Å². The van der Waals surface area contributed by atoms with Crippen LogP contribution in [0.2, 0.25) is 0 Å². The SMILES string of the molecule is CCN1CC(c2cccc(OC)c2)OC1=O. The van der Waals surface area contributed by atoms with Crippen molar-refractivity contribution < 1.29 is 14.3 Å². The molecule has 0 aromatic heterocycles. The summed E-state index contributed by atoms with van der Waals surface area (Å²) >= 11 is 0. The Bertz CT molecular complexity index is 392. The Morgan fingerprint density at radius 1 is 1.56 bits per heavy atom. The van der Waals surface area contributed by atoms with Crippen molar-refractivity contribution in [1.82, 2.24) is 4.90 Å². The van der Waals surface area contributed by atoms with Crippen LogP contribution in [-0.2, 0) is 4.74 Å². The normalized spacial score (nSPS) is 19.8. The average molecular weight is 221 g/mol. The summed E-state index contributed by atoms with van der Waals surface area (Å²) in [5, 5.41) is 0. The van der Waals surface area contributed by atoms with E-state index < -0.39 is 0 Å². The summed E-state index contributed by atoms with van der Waals surface area (Å²) in [5.74, 6) is 0.781. The smallest absolute Gasteiger partial charge is 0.410 e. The number of methoxy groups -OCH3 is 1. The molecule has 1 heterocycles. The lowest BCUT2D eigenvalue weighted by atomic mass is 10.1. The first-order valence-electron chi connectivity index (χ1n) is 5.34. The van der Waals surface area contributed by atoms with Crippen molar-refractivity contribution in [3.05, 3.63) is 29.8 Å². The number of carbonyl (C=O) groups excluding carboxylic acids is 1. The van der Waals surface area contributed by atoms with Gasteiger partial charge in [0.15, 0.2) is 0 Å². The second-order valence-corrected chi connectivity index (χ2v) is 3.69. The van der Waals surface area contributed by atoms with Crippen LogP contribution < -0.4 is 4.74 Å². The minimum absolute atomic E-state index is 0.178. The molecule has 4 nitrogen and oxygen atoms in total. The topological polar surface area (TPSA) is 38.8 Å². The van der Waals surface area contributed by atoms with Crippen molar-refractivity contribution in [1.29, 1.82) is 0 Å². The van der Waals surface area contributed by atoms with Gasteiger partial charge in [0.2, 0.25) is 0 Å². The maximum absolute atomic E-state index is 11.4. The number of carbonyl (C=O) groups is 1. The minimum atomic E-state index is -0.240. The standard InChI is InChI=1S/C12H15NO3/c1-3-13-8-11(16-12(13)14)9-5-4-6-10(7-9)15-2/h4-7,11H,3,8H2,1-2H3. The Morgan fingerprint density at radius 2 is 2.38 bits per heavy atom. The van der Waals surface area contributed by atoms with E-state index in [2.05, 4.69) is 0 Å². The maximum atomic E-state index is 11.4. The van der Waals surface area contributed by atoms with Crippen LogP contribution in [0.15, 0.2) is 24.3 Å². The molecule has 1 fully saturated rings. The summed E-state index contributed by atoms with van der Waals surface area (Å²) in [5.41, 5.74) is 0.976. The zero-order valence-electron chi connectivity index (χ0n) is 9.47. The molecule has 1 atom stereocenters. The van der Waals surface area contributed by atoms with Crippen LogP contribution in [0.4, 0.5) is 4.79 Å². The van der Waals surface area contributed by atoms with Gasteiger partial charge in [0.05, 0.1) is 13.7 Å². The molecule has 4 heteroatoms. The van der Waals surface area contributed by atoms with Crippen LogP contribution in [0.25, 0.3) is 0 Å². The van der Waals surface area contributed by atoms with Crippen molar-refractivity contribution in [2.45, 2.75) is 13.0 Å². The highest BCUT2D eigenvalue weighted by Gasteiger charge is 2.31. The predicted octanol–water partition coefficient (Wildman–Crippen LogP) is 2.21. The Morgan fingerprint density at radius 3 is 3.00 bits per heavy atom. The molecule has 1 amide bonds. The summed E-state index contributed by atoms with van der Waals surface area (Å²) in [6, 6.07) is 7.62. The number of benzene rings is 1. The summed E-state index contributed by atoms with van der Waals surface area (Å²) in [4.78, 5) is 13.1. The van der Waals surface area contributed by atoms with Crippen LogP contribution in [0.3, 0.4) is 0 Å². The molecular weight excluding hydrogens is 206 g/mol. The van der Waals surface area contributed by atoms with Gasteiger partial charge in [-0.1, -0.05) is 12.1 Å². The van der Waals surface area contributed by atoms with Crippen molar-refractivity contribution in [2.75, 3.05) is 20.2 Å². The van der Waals surface area contributed by atoms with E-state index in [-0.39, 0.29) is 12.2 Å². The number of rotatable bonds is 3. The van der Waals surface area contributed by atoms with Gasteiger partial charge in [0.25, 0.3) is 0 Å². The van der Waals surface area contributed by atoms with E-state index in [1.54, 1.807) is 12.0 Å². The molecule has 0 saturated carbocycles. The van der Waals surface area contributed by atoms with E-state index in [4.69, 9.17) is 9.47 Å². The van der Waals surface area contributed by atoms with Crippen molar-refractivity contribution in [3.8, 4) is 5.75 Å². The number of likely N-dealkylation sites (N-methyl/N-ethyl adjacent to an activating group) is 1. The van der Waals surface area contributed by atoms with E-state index in [0.717, 1.165) is 11.3 Å². The summed E-state index contributed by atoms with van der Waals surface area (Å²) in [6.45, 7) is 3.23. The third-order valence-electron chi connectivity index (χ3n) is 2.73. The molecule has 1 aromatic rings. The zero-order chi connectivity index (χ0) is 11.5. The largest absolute Gasteiger partial charge is 0.497 e. The van der Waals surface area contributed by atoms with Gasteiger partial charge >= 0.3 is 6.09 Å². The van der Waals surface area contributed by atoms with Gasteiger partial charge in [-0.05, 0) is 24.6 Å². The quantitative estimate of drug-likeness (QED) is 0.785. The number of hydrogen-bond acceptors (Lipinski definition) is 3. The van der Waals surface area contributed by atoms with Gasteiger partial charge in [0.1, 0.15) is 11.9 Å². The second-order valence-electron chi connectivity index (χ2n) is 3.69. The number of cyclic esters (lactones) is 1. The molecule has 0 radical (unpaired) electrons. The number of ether oxygens (including phenoxy) is 2. The highest BCUT2D eigenvalue weighted by Crippen LogP contribution is 2.27. The third kappa shape index (κ3) is 1.96. The predicted molar refractivity (Wildman–Crippen MR) is 59.5 cm³/mol. The molecule has 1 unspecified atom stereocenters. The van der Waals surface area contributed by atoms with Crippen molar-refractivity contribution in [2.24, 2.45) is 0 Å².